The molecule has 0 unspecified atom stereocenters. The quantitative estimate of drug-likeness (QED) is 0.694. The Morgan fingerprint density at radius 1 is 1.50 bits per heavy atom. The normalized spacial score (nSPS) is 10.5. The van der Waals surface area contributed by atoms with Crippen molar-refractivity contribution >= 4 is 28.7 Å². The molecule has 0 radical (unpaired) electrons. The second-order valence-corrected chi connectivity index (χ2v) is 3.84. The van der Waals surface area contributed by atoms with Gasteiger partial charge in [0.2, 0.25) is 5.91 Å². The first kappa shape index (κ1) is 12.2. The van der Waals surface area contributed by atoms with E-state index in [-0.39, 0.29) is 5.91 Å². The Labute approximate surface area is 105 Å². The number of hydrogen-bond donors (Lipinski definition) is 3. The second-order valence-electron chi connectivity index (χ2n) is 3.84. The number of para-hydroxylation sites is 1. The van der Waals surface area contributed by atoms with Gasteiger partial charge in [0.25, 0.3) is 6.01 Å². The zero-order valence-electron chi connectivity index (χ0n) is 10.2. The fourth-order valence-electron chi connectivity index (χ4n) is 1.61. The third-order valence-electron chi connectivity index (χ3n) is 2.45. The lowest BCUT2D eigenvalue weighted by Crippen LogP contribution is -2.24. The number of benzene rings is 1. The van der Waals surface area contributed by atoms with Gasteiger partial charge in [-0.15, -0.1) is 0 Å². The van der Waals surface area contributed by atoms with Crippen molar-refractivity contribution in [1.29, 1.82) is 0 Å². The summed E-state index contributed by atoms with van der Waals surface area (Å²) in [6.45, 7) is 2.99. The van der Waals surface area contributed by atoms with Crippen LogP contribution < -0.4 is 16.4 Å². The minimum atomic E-state index is 0.000579. The van der Waals surface area contributed by atoms with E-state index in [2.05, 4.69) is 15.6 Å². The minimum Gasteiger partial charge on any atom is -0.423 e. The number of nitrogens with two attached hydrogens (primary N) is 1. The molecule has 96 valence electrons. The van der Waals surface area contributed by atoms with Crippen molar-refractivity contribution in [2.24, 2.45) is 0 Å². The molecule has 0 spiro atoms. The van der Waals surface area contributed by atoms with Gasteiger partial charge in [0, 0.05) is 19.5 Å². The maximum Gasteiger partial charge on any atom is 0.295 e. The van der Waals surface area contributed by atoms with E-state index < -0.39 is 0 Å². The number of nitrogens with one attached hydrogen (secondary N) is 2. The van der Waals surface area contributed by atoms with Crippen molar-refractivity contribution in [1.82, 2.24) is 10.3 Å². The molecular weight excluding hydrogens is 232 g/mol. The number of nitrogen functional groups attached to an aromatic ring is 1. The van der Waals surface area contributed by atoms with Crippen LogP contribution in [0.1, 0.15) is 13.3 Å². The summed E-state index contributed by atoms with van der Waals surface area (Å²) >= 11 is 0. The maximum absolute atomic E-state index is 11.2. The van der Waals surface area contributed by atoms with Gasteiger partial charge in [-0.25, -0.2) is 0 Å². The van der Waals surface area contributed by atoms with Crippen LogP contribution in [0.2, 0.25) is 0 Å². The monoisotopic (exact) mass is 248 g/mol. The number of carbonyl (C=O) groups is 1. The Balaban J connectivity index is 1.96. The smallest absolute Gasteiger partial charge is 0.295 e. The Hall–Kier alpha value is -2.24. The zero-order chi connectivity index (χ0) is 13.0. The molecule has 0 atom stereocenters. The largest absolute Gasteiger partial charge is 0.423 e. The molecule has 0 aliphatic heterocycles. The summed E-state index contributed by atoms with van der Waals surface area (Å²) in [5.41, 5.74) is 7.62. The van der Waals surface area contributed by atoms with Crippen LogP contribution >= 0.6 is 0 Å². The molecule has 1 aromatic heterocycles. The van der Waals surface area contributed by atoms with E-state index in [0.717, 1.165) is 0 Å². The fraction of sp³-hybridized carbons (Fsp3) is 0.333. The van der Waals surface area contributed by atoms with Crippen LogP contribution in [0.15, 0.2) is 22.6 Å². The molecule has 1 heterocycles. The highest BCUT2D eigenvalue weighted by molar-refractivity contribution is 5.86. The summed E-state index contributed by atoms with van der Waals surface area (Å²) in [6, 6.07) is 5.75. The van der Waals surface area contributed by atoms with Crippen LogP contribution in [-0.2, 0) is 4.79 Å². The van der Waals surface area contributed by atoms with Crippen LogP contribution in [0.25, 0.3) is 11.1 Å². The van der Waals surface area contributed by atoms with Gasteiger partial charge < -0.3 is 20.8 Å². The molecule has 6 heteroatoms. The van der Waals surface area contributed by atoms with E-state index in [1.807, 2.05) is 6.92 Å². The topological polar surface area (TPSA) is 93.2 Å². The summed E-state index contributed by atoms with van der Waals surface area (Å²) in [4.78, 5) is 15.5. The number of carbonyl (C=O) groups excluding carboxylic acids is 1. The first-order valence-electron chi connectivity index (χ1n) is 5.86. The van der Waals surface area contributed by atoms with E-state index in [4.69, 9.17) is 10.2 Å². The number of fused-ring (bicyclic) bond motifs is 1. The Bertz CT molecular complexity index is 550. The van der Waals surface area contributed by atoms with Crippen molar-refractivity contribution in [2.45, 2.75) is 13.3 Å². The fourth-order valence-corrected chi connectivity index (χ4v) is 1.61. The van der Waals surface area contributed by atoms with E-state index in [9.17, 15) is 4.79 Å². The molecule has 1 aromatic carbocycles. The highest BCUT2D eigenvalue weighted by atomic mass is 16.4. The van der Waals surface area contributed by atoms with Gasteiger partial charge in [0.1, 0.15) is 5.52 Å². The molecule has 18 heavy (non-hydrogen) atoms. The standard InChI is InChI=1S/C12H16N4O2/c1-2-14-10(17)6-7-15-12-16-11-8(13)4-3-5-9(11)18-12/h3-5H,2,6-7,13H2,1H3,(H,14,17)(H,15,16). The van der Waals surface area contributed by atoms with Crippen molar-refractivity contribution < 1.29 is 9.21 Å². The summed E-state index contributed by atoms with van der Waals surface area (Å²) in [6.07, 6.45) is 0.377. The van der Waals surface area contributed by atoms with E-state index in [0.29, 0.717) is 42.3 Å². The molecule has 2 aromatic rings. The highest BCUT2D eigenvalue weighted by Gasteiger charge is 2.07. The minimum absolute atomic E-state index is 0.000579. The van der Waals surface area contributed by atoms with Gasteiger partial charge in [-0.2, -0.15) is 4.98 Å². The number of amides is 1. The number of hydrogen-bond acceptors (Lipinski definition) is 5. The Kier molecular flexibility index (Phi) is 3.66. The van der Waals surface area contributed by atoms with Crippen molar-refractivity contribution in [3.8, 4) is 0 Å². The summed E-state index contributed by atoms with van der Waals surface area (Å²) < 4.78 is 5.46. The molecular formula is C12H16N4O2. The first-order chi connectivity index (χ1) is 8.70. The third kappa shape index (κ3) is 2.71. The van der Waals surface area contributed by atoms with Crippen molar-refractivity contribution in [2.75, 3.05) is 24.1 Å². The molecule has 0 fully saturated rings. The van der Waals surface area contributed by atoms with E-state index in [1.165, 1.54) is 0 Å². The lowest BCUT2D eigenvalue weighted by molar-refractivity contribution is -0.120. The first-order valence-corrected chi connectivity index (χ1v) is 5.86. The molecule has 1 amide bonds. The average molecular weight is 248 g/mol. The van der Waals surface area contributed by atoms with Crippen molar-refractivity contribution in [3.05, 3.63) is 18.2 Å². The van der Waals surface area contributed by atoms with Crippen LogP contribution in [0, 0.1) is 0 Å². The van der Waals surface area contributed by atoms with Crippen molar-refractivity contribution in [3.63, 3.8) is 0 Å². The van der Waals surface area contributed by atoms with E-state index in [1.54, 1.807) is 18.2 Å². The van der Waals surface area contributed by atoms with Gasteiger partial charge >= 0.3 is 0 Å². The second kappa shape index (κ2) is 5.39. The summed E-state index contributed by atoms with van der Waals surface area (Å²) in [5.74, 6) is 0.000579. The molecule has 2 rings (SSSR count). The van der Waals surface area contributed by atoms with Gasteiger partial charge in [0.05, 0.1) is 5.69 Å². The molecule has 0 saturated heterocycles. The van der Waals surface area contributed by atoms with Gasteiger partial charge in [-0.3, -0.25) is 4.79 Å². The summed E-state index contributed by atoms with van der Waals surface area (Å²) in [7, 11) is 0. The van der Waals surface area contributed by atoms with Crippen LogP contribution in [0.4, 0.5) is 11.7 Å². The Morgan fingerprint density at radius 2 is 2.33 bits per heavy atom. The lowest BCUT2D eigenvalue weighted by atomic mass is 10.3. The predicted molar refractivity (Wildman–Crippen MR) is 70.2 cm³/mol. The number of oxazole rings is 1. The van der Waals surface area contributed by atoms with Gasteiger partial charge in [-0.1, -0.05) is 6.07 Å². The number of aromatic nitrogens is 1. The van der Waals surface area contributed by atoms with Gasteiger partial charge in [-0.05, 0) is 19.1 Å². The van der Waals surface area contributed by atoms with Crippen LogP contribution in [0.5, 0.6) is 0 Å². The summed E-state index contributed by atoms with van der Waals surface area (Å²) in [5, 5.41) is 5.67. The lowest BCUT2D eigenvalue weighted by Gasteiger charge is -2.01. The molecule has 4 N–H and O–H groups in total. The van der Waals surface area contributed by atoms with Gasteiger partial charge in [0.15, 0.2) is 5.58 Å². The zero-order valence-corrected chi connectivity index (χ0v) is 10.2. The number of anilines is 2. The van der Waals surface area contributed by atoms with Crippen LogP contribution in [-0.4, -0.2) is 24.0 Å². The van der Waals surface area contributed by atoms with Crippen LogP contribution in [0.3, 0.4) is 0 Å². The molecule has 0 bridgehead atoms. The molecule has 0 aliphatic rings. The van der Waals surface area contributed by atoms with E-state index >= 15 is 0 Å². The third-order valence-corrected chi connectivity index (χ3v) is 2.45. The predicted octanol–water partition coefficient (Wildman–Crippen LogP) is 1.35. The number of rotatable bonds is 5. The molecule has 0 saturated carbocycles. The SMILES string of the molecule is CCNC(=O)CCNc1nc2c(N)cccc2o1. The number of nitrogens with zero attached hydrogens (tertiary/aromatic N) is 1. The maximum atomic E-state index is 11.2. The average Bonchev–Trinajstić information content (AvgIpc) is 2.74. The molecule has 6 nitrogen and oxygen atoms in total. The molecule has 0 aliphatic carbocycles. The highest BCUT2D eigenvalue weighted by Crippen LogP contribution is 2.23. The Morgan fingerprint density at radius 3 is 3.06 bits per heavy atom.